The van der Waals surface area contributed by atoms with E-state index in [4.69, 9.17) is 21.4 Å². The van der Waals surface area contributed by atoms with E-state index in [2.05, 4.69) is 5.32 Å². The fraction of sp³-hybridized carbons (Fsp3) is 0.417. The standard InChI is InChI=1S/C12H16ClNO4/c1-18-5-4-8(7-13)14-12(17)10-3-2-9(15)6-11(10)16/h2-3,6,8,15-16H,4-5,7H2,1H3,(H,14,17). The average molecular weight is 274 g/mol. The van der Waals surface area contributed by atoms with Gasteiger partial charge >= 0.3 is 0 Å². The molecule has 18 heavy (non-hydrogen) atoms. The monoisotopic (exact) mass is 273 g/mol. The molecular weight excluding hydrogens is 258 g/mol. The molecule has 3 N–H and O–H groups in total. The van der Waals surface area contributed by atoms with Crippen molar-refractivity contribution in [1.82, 2.24) is 5.32 Å². The molecule has 1 amide bonds. The minimum absolute atomic E-state index is 0.0975. The molecule has 0 saturated carbocycles. The lowest BCUT2D eigenvalue weighted by molar-refractivity contribution is 0.0927. The molecule has 1 unspecified atom stereocenters. The number of phenols is 2. The second kappa shape index (κ2) is 7.08. The number of nitrogens with one attached hydrogen (secondary N) is 1. The van der Waals surface area contributed by atoms with Crippen molar-refractivity contribution < 1.29 is 19.7 Å². The summed E-state index contributed by atoms with van der Waals surface area (Å²) < 4.78 is 4.91. The van der Waals surface area contributed by atoms with Crippen LogP contribution in [-0.4, -0.2) is 41.8 Å². The van der Waals surface area contributed by atoms with Gasteiger partial charge in [0.1, 0.15) is 11.5 Å². The van der Waals surface area contributed by atoms with Crippen molar-refractivity contribution >= 4 is 17.5 Å². The molecule has 1 aromatic rings. The number of alkyl halides is 1. The summed E-state index contributed by atoms with van der Waals surface area (Å²) in [6, 6.07) is 3.56. The van der Waals surface area contributed by atoms with E-state index < -0.39 is 5.91 Å². The van der Waals surface area contributed by atoms with Gasteiger partial charge in [0.2, 0.25) is 0 Å². The van der Waals surface area contributed by atoms with Crippen LogP contribution in [0.2, 0.25) is 0 Å². The van der Waals surface area contributed by atoms with Gasteiger partial charge < -0.3 is 20.3 Å². The fourth-order valence-corrected chi connectivity index (χ4v) is 1.65. The van der Waals surface area contributed by atoms with E-state index in [-0.39, 0.29) is 29.0 Å². The summed E-state index contributed by atoms with van der Waals surface area (Å²) >= 11 is 5.73. The van der Waals surface area contributed by atoms with Crippen LogP contribution in [-0.2, 0) is 4.74 Å². The molecule has 1 atom stereocenters. The quantitative estimate of drug-likeness (QED) is 0.686. The second-order valence-corrected chi connectivity index (χ2v) is 4.12. The summed E-state index contributed by atoms with van der Waals surface area (Å²) in [5.41, 5.74) is 0.0975. The molecule has 0 aliphatic carbocycles. The van der Waals surface area contributed by atoms with Crippen molar-refractivity contribution in [2.24, 2.45) is 0 Å². The van der Waals surface area contributed by atoms with E-state index in [0.29, 0.717) is 13.0 Å². The van der Waals surface area contributed by atoms with Crippen molar-refractivity contribution in [3.05, 3.63) is 23.8 Å². The van der Waals surface area contributed by atoms with Crippen LogP contribution in [0, 0.1) is 0 Å². The van der Waals surface area contributed by atoms with E-state index in [0.717, 1.165) is 6.07 Å². The number of methoxy groups -OCH3 is 1. The van der Waals surface area contributed by atoms with Crippen LogP contribution in [0.15, 0.2) is 18.2 Å². The maximum absolute atomic E-state index is 11.9. The van der Waals surface area contributed by atoms with Crippen molar-refractivity contribution in [3.8, 4) is 11.5 Å². The summed E-state index contributed by atoms with van der Waals surface area (Å²) in [5.74, 6) is -0.548. The third-order valence-electron chi connectivity index (χ3n) is 2.42. The number of hydrogen-bond acceptors (Lipinski definition) is 4. The highest BCUT2D eigenvalue weighted by molar-refractivity contribution is 6.18. The topological polar surface area (TPSA) is 78.8 Å². The van der Waals surface area contributed by atoms with Crippen LogP contribution < -0.4 is 5.32 Å². The first-order chi connectivity index (χ1) is 8.58. The normalized spacial score (nSPS) is 12.1. The first-order valence-electron chi connectivity index (χ1n) is 5.46. The van der Waals surface area contributed by atoms with Gasteiger partial charge in [-0.3, -0.25) is 4.79 Å². The van der Waals surface area contributed by atoms with Gasteiger partial charge in [0.15, 0.2) is 0 Å². The summed E-state index contributed by atoms with van der Waals surface area (Å²) in [4.78, 5) is 11.9. The number of phenolic OH excluding ortho intramolecular Hbond substituents is 2. The first-order valence-corrected chi connectivity index (χ1v) is 5.99. The molecule has 100 valence electrons. The van der Waals surface area contributed by atoms with Gasteiger partial charge in [0, 0.05) is 31.7 Å². The zero-order valence-corrected chi connectivity index (χ0v) is 10.8. The van der Waals surface area contributed by atoms with Gasteiger partial charge in [-0.15, -0.1) is 11.6 Å². The highest BCUT2D eigenvalue weighted by Crippen LogP contribution is 2.22. The van der Waals surface area contributed by atoms with Crippen molar-refractivity contribution in [1.29, 1.82) is 0 Å². The number of hydrogen-bond donors (Lipinski definition) is 3. The molecule has 0 aromatic heterocycles. The maximum atomic E-state index is 11.9. The fourth-order valence-electron chi connectivity index (χ4n) is 1.42. The largest absolute Gasteiger partial charge is 0.508 e. The van der Waals surface area contributed by atoms with Crippen LogP contribution in [0.5, 0.6) is 11.5 Å². The maximum Gasteiger partial charge on any atom is 0.255 e. The molecule has 0 heterocycles. The number of halogens is 1. The Morgan fingerprint density at radius 1 is 1.50 bits per heavy atom. The molecule has 0 aliphatic rings. The summed E-state index contributed by atoms with van der Waals surface area (Å²) in [6.07, 6.45) is 0.588. The molecule has 0 spiro atoms. The van der Waals surface area contributed by atoms with Gasteiger partial charge in [0.05, 0.1) is 5.56 Å². The molecular formula is C12H16ClNO4. The number of ether oxygens (including phenoxy) is 1. The van der Waals surface area contributed by atoms with Crippen LogP contribution >= 0.6 is 11.6 Å². The van der Waals surface area contributed by atoms with Gasteiger partial charge in [-0.05, 0) is 18.6 Å². The summed E-state index contributed by atoms with van der Waals surface area (Å²) in [5, 5.41) is 21.4. The molecule has 0 bridgehead atoms. The predicted molar refractivity (Wildman–Crippen MR) is 68.2 cm³/mol. The average Bonchev–Trinajstić information content (AvgIpc) is 2.34. The SMILES string of the molecule is COCCC(CCl)NC(=O)c1ccc(O)cc1O. The number of carbonyl (C=O) groups is 1. The molecule has 5 nitrogen and oxygen atoms in total. The Bertz CT molecular complexity index is 411. The van der Waals surface area contributed by atoms with Crippen LogP contribution in [0.25, 0.3) is 0 Å². The zero-order chi connectivity index (χ0) is 13.5. The number of benzene rings is 1. The van der Waals surface area contributed by atoms with E-state index >= 15 is 0 Å². The Labute approximate surface area is 110 Å². The van der Waals surface area contributed by atoms with E-state index in [1.165, 1.54) is 12.1 Å². The van der Waals surface area contributed by atoms with Crippen molar-refractivity contribution in [2.75, 3.05) is 19.6 Å². The number of carbonyl (C=O) groups excluding carboxylic acids is 1. The second-order valence-electron chi connectivity index (χ2n) is 3.81. The highest BCUT2D eigenvalue weighted by atomic mass is 35.5. The third-order valence-corrected chi connectivity index (χ3v) is 2.79. The molecule has 0 fully saturated rings. The van der Waals surface area contributed by atoms with Crippen molar-refractivity contribution in [3.63, 3.8) is 0 Å². The Hall–Kier alpha value is -1.46. The Balaban J connectivity index is 2.68. The summed E-state index contributed by atoms with van der Waals surface area (Å²) in [6.45, 7) is 0.485. The minimum atomic E-state index is -0.436. The van der Waals surface area contributed by atoms with Crippen LogP contribution in [0.1, 0.15) is 16.8 Å². The molecule has 1 aromatic carbocycles. The van der Waals surface area contributed by atoms with Crippen molar-refractivity contribution in [2.45, 2.75) is 12.5 Å². The predicted octanol–water partition coefficient (Wildman–Crippen LogP) is 1.47. The molecule has 0 aliphatic heterocycles. The van der Waals surface area contributed by atoms with Gasteiger partial charge in [-0.2, -0.15) is 0 Å². The number of amides is 1. The van der Waals surface area contributed by atoms with E-state index in [1.54, 1.807) is 7.11 Å². The lowest BCUT2D eigenvalue weighted by atomic mass is 10.1. The van der Waals surface area contributed by atoms with E-state index in [9.17, 15) is 9.90 Å². The third kappa shape index (κ3) is 4.09. The number of rotatable bonds is 6. The first kappa shape index (κ1) is 14.6. The molecule has 0 saturated heterocycles. The van der Waals surface area contributed by atoms with Crippen LogP contribution in [0.4, 0.5) is 0 Å². The lowest BCUT2D eigenvalue weighted by Gasteiger charge is -2.16. The highest BCUT2D eigenvalue weighted by Gasteiger charge is 2.16. The van der Waals surface area contributed by atoms with Gasteiger partial charge in [-0.25, -0.2) is 0 Å². The lowest BCUT2D eigenvalue weighted by Crippen LogP contribution is -2.37. The zero-order valence-electron chi connectivity index (χ0n) is 10.0. The molecule has 0 radical (unpaired) electrons. The van der Waals surface area contributed by atoms with Gasteiger partial charge in [-0.1, -0.05) is 0 Å². The van der Waals surface area contributed by atoms with Gasteiger partial charge in [0.25, 0.3) is 5.91 Å². The summed E-state index contributed by atoms with van der Waals surface area (Å²) in [7, 11) is 1.57. The Kier molecular flexibility index (Phi) is 5.74. The smallest absolute Gasteiger partial charge is 0.255 e. The number of aromatic hydroxyl groups is 2. The molecule has 6 heteroatoms. The van der Waals surface area contributed by atoms with Crippen LogP contribution in [0.3, 0.4) is 0 Å². The molecule has 1 rings (SSSR count). The van der Waals surface area contributed by atoms with E-state index in [1.807, 2.05) is 0 Å². The Morgan fingerprint density at radius 3 is 2.78 bits per heavy atom. The minimum Gasteiger partial charge on any atom is -0.508 e. The Morgan fingerprint density at radius 2 is 2.22 bits per heavy atom.